The number of nitrogens with zero attached hydrogens (tertiary/aromatic N) is 6. The van der Waals surface area contributed by atoms with Crippen LogP contribution in [-0.2, 0) is 4.74 Å². The molecule has 0 spiro atoms. The SMILES string of the molecule is CO[C@H](C)c1c(NC(=O)Nc2cnc(-n3nccn3)c(Cl)c2)cnc2ccc(C)nc12. The predicted octanol–water partition coefficient (Wildman–Crippen LogP) is 3.92. The minimum absolute atomic E-state index is 0.287. The van der Waals surface area contributed by atoms with E-state index in [1.54, 1.807) is 19.4 Å². The second-order valence-electron chi connectivity index (χ2n) is 6.71. The van der Waals surface area contributed by atoms with Gasteiger partial charge < -0.3 is 15.4 Å². The maximum Gasteiger partial charge on any atom is 0.323 e. The number of anilines is 2. The van der Waals surface area contributed by atoms with Crippen molar-refractivity contribution in [2.24, 2.45) is 0 Å². The summed E-state index contributed by atoms with van der Waals surface area (Å²) in [5.41, 5.74) is 3.87. The first-order chi connectivity index (χ1) is 15.0. The fourth-order valence-corrected chi connectivity index (χ4v) is 3.31. The van der Waals surface area contributed by atoms with Gasteiger partial charge in [-0.1, -0.05) is 11.6 Å². The van der Waals surface area contributed by atoms with E-state index in [2.05, 4.69) is 35.8 Å². The van der Waals surface area contributed by atoms with Crippen molar-refractivity contribution >= 4 is 40.0 Å². The first-order valence-corrected chi connectivity index (χ1v) is 9.73. The molecule has 0 aromatic carbocycles. The Hall–Kier alpha value is -3.63. The summed E-state index contributed by atoms with van der Waals surface area (Å²) in [7, 11) is 1.60. The third-order valence-corrected chi connectivity index (χ3v) is 4.87. The van der Waals surface area contributed by atoms with E-state index in [1.165, 1.54) is 23.4 Å². The molecule has 2 amide bonds. The highest BCUT2D eigenvalue weighted by Gasteiger charge is 2.19. The maximum absolute atomic E-state index is 12.7. The van der Waals surface area contributed by atoms with Crippen LogP contribution in [0.5, 0.6) is 0 Å². The third kappa shape index (κ3) is 4.30. The second-order valence-corrected chi connectivity index (χ2v) is 7.12. The Labute approximate surface area is 182 Å². The summed E-state index contributed by atoms with van der Waals surface area (Å²) in [5, 5.41) is 13.8. The van der Waals surface area contributed by atoms with Crippen LogP contribution >= 0.6 is 11.6 Å². The summed E-state index contributed by atoms with van der Waals surface area (Å²) in [5.74, 6) is 0.356. The van der Waals surface area contributed by atoms with Gasteiger partial charge in [-0.25, -0.2) is 9.78 Å². The highest BCUT2D eigenvalue weighted by molar-refractivity contribution is 6.32. The Morgan fingerprint density at radius 3 is 2.65 bits per heavy atom. The van der Waals surface area contributed by atoms with Crippen LogP contribution < -0.4 is 10.6 Å². The molecule has 0 fully saturated rings. The van der Waals surface area contributed by atoms with Gasteiger partial charge in [-0.2, -0.15) is 10.2 Å². The van der Waals surface area contributed by atoms with Crippen LogP contribution in [0, 0.1) is 6.92 Å². The van der Waals surface area contributed by atoms with Crippen molar-refractivity contribution in [3.05, 3.63) is 59.3 Å². The summed E-state index contributed by atoms with van der Waals surface area (Å²) in [6, 6.07) is 4.85. The molecule has 0 bridgehead atoms. The normalized spacial score (nSPS) is 12.0. The van der Waals surface area contributed by atoms with E-state index in [1.807, 2.05) is 26.0 Å². The van der Waals surface area contributed by atoms with Crippen LogP contribution in [0.4, 0.5) is 16.2 Å². The minimum Gasteiger partial charge on any atom is -0.377 e. The third-order valence-electron chi connectivity index (χ3n) is 4.59. The number of nitrogens with one attached hydrogen (secondary N) is 2. The summed E-state index contributed by atoms with van der Waals surface area (Å²) in [6.07, 6.45) is 5.77. The van der Waals surface area contributed by atoms with Crippen molar-refractivity contribution in [2.75, 3.05) is 17.7 Å². The zero-order valence-corrected chi connectivity index (χ0v) is 17.8. The van der Waals surface area contributed by atoms with Crippen LogP contribution in [0.25, 0.3) is 16.9 Å². The summed E-state index contributed by atoms with van der Waals surface area (Å²) >= 11 is 6.26. The van der Waals surface area contributed by atoms with Crippen LogP contribution in [0.15, 0.2) is 43.0 Å². The van der Waals surface area contributed by atoms with Gasteiger partial charge in [0, 0.05) is 18.4 Å². The van der Waals surface area contributed by atoms with Crippen molar-refractivity contribution in [1.82, 2.24) is 29.9 Å². The molecule has 0 aliphatic rings. The average Bonchev–Trinajstić information content (AvgIpc) is 3.27. The number of ether oxygens (including phenoxy) is 1. The van der Waals surface area contributed by atoms with Gasteiger partial charge in [0.2, 0.25) is 0 Å². The van der Waals surface area contributed by atoms with E-state index in [-0.39, 0.29) is 11.1 Å². The van der Waals surface area contributed by atoms with Gasteiger partial charge in [-0.3, -0.25) is 9.97 Å². The van der Waals surface area contributed by atoms with Gasteiger partial charge in [0.25, 0.3) is 0 Å². The molecule has 4 heterocycles. The number of rotatable bonds is 5. The van der Waals surface area contributed by atoms with Crippen molar-refractivity contribution in [2.45, 2.75) is 20.0 Å². The van der Waals surface area contributed by atoms with Crippen LogP contribution in [-0.4, -0.2) is 43.1 Å². The highest BCUT2D eigenvalue weighted by Crippen LogP contribution is 2.31. The zero-order chi connectivity index (χ0) is 22.0. The number of amides is 2. The number of aryl methyl sites for hydroxylation is 1. The van der Waals surface area contributed by atoms with E-state index < -0.39 is 6.03 Å². The fourth-order valence-electron chi connectivity index (χ4n) is 3.07. The van der Waals surface area contributed by atoms with Gasteiger partial charge in [-0.05, 0) is 32.0 Å². The van der Waals surface area contributed by atoms with Gasteiger partial charge in [0.15, 0.2) is 5.82 Å². The minimum atomic E-state index is -0.485. The van der Waals surface area contributed by atoms with Gasteiger partial charge in [0.05, 0.1) is 58.3 Å². The van der Waals surface area contributed by atoms with Gasteiger partial charge in [-0.15, -0.1) is 4.80 Å². The average molecular weight is 439 g/mol. The van der Waals surface area contributed by atoms with E-state index >= 15 is 0 Å². The number of hydrogen-bond donors (Lipinski definition) is 2. The van der Waals surface area contributed by atoms with Crippen molar-refractivity contribution in [3.63, 3.8) is 0 Å². The Morgan fingerprint density at radius 2 is 1.94 bits per heavy atom. The number of halogens is 1. The van der Waals surface area contributed by atoms with Gasteiger partial charge in [0.1, 0.15) is 0 Å². The second kappa shape index (κ2) is 8.62. The van der Waals surface area contributed by atoms with E-state index in [0.717, 1.165) is 11.3 Å². The van der Waals surface area contributed by atoms with Crippen LogP contribution in [0.3, 0.4) is 0 Å². The zero-order valence-electron chi connectivity index (χ0n) is 17.0. The number of aromatic nitrogens is 6. The molecule has 11 heteroatoms. The molecule has 0 saturated carbocycles. The fraction of sp³-hybridized carbons (Fsp3) is 0.200. The van der Waals surface area contributed by atoms with E-state index in [9.17, 15) is 4.79 Å². The molecule has 0 aliphatic carbocycles. The molecule has 0 saturated heterocycles. The maximum atomic E-state index is 12.7. The quantitative estimate of drug-likeness (QED) is 0.484. The van der Waals surface area contributed by atoms with Crippen molar-refractivity contribution in [3.8, 4) is 5.82 Å². The Balaban J connectivity index is 1.59. The lowest BCUT2D eigenvalue weighted by atomic mass is 10.1. The first kappa shape index (κ1) is 20.6. The molecule has 158 valence electrons. The number of urea groups is 1. The topological polar surface area (TPSA) is 120 Å². The summed E-state index contributed by atoms with van der Waals surface area (Å²) in [4.78, 5) is 27.2. The Bertz CT molecular complexity index is 1250. The summed E-state index contributed by atoms with van der Waals surface area (Å²) in [6.45, 7) is 3.78. The highest BCUT2D eigenvalue weighted by atomic mass is 35.5. The number of hydrogen-bond acceptors (Lipinski definition) is 7. The molecular formula is C20H19ClN8O2. The largest absolute Gasteiger partial charge is 0.377 e. The number of carbonyl (C=O) groups excluding carboxylic acids is 1. The van der Waals surface area contributed by atoms with Crippen molar-refractivity contribution in [1.29, 1.82) is 0 Å². The molecule has 10 nitrogen and oxygen atoms in total. The molecule has 31 heavy (non-hydrogen) atoms. The van der Waals surface area contributed by atoms with E-state index in [4.69, 9.17) is 16.3 Å². The number of carbonyl (C=O) groups is 1. The molecule has 0 radical (unpaired) electrons. The molecule has 0 aliphatic heterocycles. The molecule has 4 aromatic heterocycles. The van der Waals surface area contributed by atoms with Gasteiger partial charge >= 0.3 is 6.03 Å². The lowest BCUT2D eigenvalue weighted by Gasteiger charge is -2.18. The number of methoxy groups -OCH3 is 1. The van der Waals surface area contributed by atoms with Crippen LogP contribution in [0.2, 0.25) is 5.02 Å². The Kier molecular flexibility index (Phi) is 5.74. The van der Waals surface area contributed by atoms with Crippen molar-refractivity contribution < 1.29 is 9.53 Å². The summed E-state index contributed by atoms with van der Waals surface area (Å²) < 4.78 is 5.51. The lowest BCUT2D eigenvalue weighted by Crippen LogP contribution is -2.21. The standard InChI is InChI=1S/C20H19ClN8O2/c1-11-4-5-15-18(26-11)17(12(2)31-3)16(10-22-15)28-20(30)27-13-8-14(21)19(23-9-13)29-24-6-7-25-29/h4-10,12H,1-3H3,(H2,27,28,30)/t12-/m1/s1. The monoisotopic (exact) mass is 438 g/mol. The number of fused-ring (bicyclic) bond motifs is 1. The first-order valence-electron chi connectivity index (χ1n) is 9.35. The molecule has 0 unspecified atom stereocenters. The van der Waals surface area contributed by atoms with E-state index in [0.29, 0.717) is 28.2 Å². The lowest BCUT2D eigenvalue weighted by molar-refractivity contribution is 0.121. The molecular weight excluding hydrogens is 420 g/mol. The predicted molar refractivity (Wildman–Crippen MR) is 117 cm³/mol. The molecule has 1 atom stereocenters. The number of pyridine rings is 3. The smallest absolute Gasteiger partial charge is 0.323 e. The Morgan fingerprint density at radius 1 is 1.16 bits per heavy atom. The molecule has 2 N–H and O–H groups in total. The molecule has 4 aromatic rings. The van der Waals surface area contributed by atoms with Crippen LogP contribution in [0.1, 0.15) is 24.3 Å². The molecule has 4 rings (SSSR count).